The second-order valence-electron chi connectivity index (χ2n) is 2.80. The van der Waals surface area contributed by atoms with Gasteiger partial charge >= 0.3 is 0 Å². The maximum absolute atomic E-state index is 13.4. The van der Waals surface area contributed by atoms with Crippen molar-refractivity contribution < 1.29 is 9.50 Å². The summed E-state index contributed by atoms with van der Waals surface area (Å²) in [5.41, 5.74) is 1.18. The van der Waals surface area contributed by atoms with E-state index in [4.69, 9.17) is 16.7 Å². The first-order valence-corrected chi connectivity index (χ1v) is 5.21. The van der Waals surface area contributed by atoms with Crippen LogP contribution < -0.4 is 0 Å². The highest BCUT2D eigenvalue weighted by molar-refractivity contribution is 7.08. The van der Waals surface area contributed by atoms with Crippen LogP contribution >= 0.6 is 22.9 Å². The molecule has 14 heavy (non-hydrogen) atoms. The normalized spacial score (nSPS) is 10.4. The van der Waals surface area contributed by atoms with Gasteiger partial charge in [-0.3, -0.25) is 0 Å². The van der Waals surface area contributed by atoms with Crippen LogP contribution in [0, 0.1) is 5.82 Å². The van der Waals surface area contributed by atoms with E-state index in [9.17, 15) is 4.39 Å². The molecule has 0 bridgehead atoms. The predicted octanol–water partition coefficient (Wildman–Crippen LogP) is 3.91. The summed E-state index contributed by atoms with van der Waals surface area (Å²) in [6, 6.07) is 4.25. The van der Waals surface area contributed by atoms with Crippen LogP contribution in [0.1, 0.15) is 0 Å². The molecule has 0 fully saturated rings. The Hall–Kier alpha value is -1.06. The second-order valence-corrected chi connectivity index (χ2v) is 3.98. The number of thiophene rings is 1. The van der Waals surface area contributed by atoms with Gasteiger partial charge < -0.3 is 5.11 Å². The molecule has 1 N–H and O–H groups in total. The predicted molar refractivity (Wildman–Crippen MR) is 56.4 cm³/mol. The smallest absolute Gasteiger partial charge is 0.137 e. The Kier molecular flexibility index (Phi) is 2.44. The summed E-state index contributed by atoms with van der Waals surface area (Å²) < 4.78 is 13.4. The van der Waals surface area contributed by atoms with Crippen molar-refractivity contribution in [3.63, 3.8) is 0 Å². The topological polar surface area (TPSA) is 20.2 Å². The van der Waals surface area contributed by atoms with Crippen LogP contribution in [0.25, 0.3) is 11.1 Å². The van der Waals surface area contributed by atoms with Gasteiger partial charge in [0.2, 0.25) is 0 Å². The van der Waals surface area contributed by atoms with Crippen molar-refractivity contribution in [1.82, 2.24) is 0 Å². The summed E-state index contributed by atoms with van der Waals surface area (Å²) in [4.78, 5) is 0. The van der Waals surface area contributed by atoms with Crippen molar-refractivity contribution >= 4 is 22.9 Å². The fourth-order valence-electron chi connectivity index (χ4n) is 1.18. The Balaban J connectivity index is 2.60. The third-order valence-corrected chi connectivity index (χ3v) is 2.85. The number of hydrogen-bond acceptors (Lipinski definition) is 2. The molecule has 0 aliphatic carbocycles. The average molecular weight is 229 g/mol. The quantitative estimate of drug-likeness (QED) is 0.785. The Morgan fingerprint density at radius 2 is 2.14 bits per heavy atom. The first-order chi connectivity index (χ1) is 6.68. The van der Waals surface area contributed by atoms with E-state index in [1.807, 2.05) is 10.8 Å². The fourth-order valence-corrected chi connectivity index (χ4v) is 1.99. The number of aromatic hydroxyl groups is 1. The second kappa shape index (κ2) is 3.59. The third-order valence-electron chi connectivity index (χ3n) is 1.87. The number of halogens is 2. The molecule has 1 nitrogen and oxygen atoms in total. The van der Waals surface area contributed by atoms with E-state index in [0.29, 0.717) is 5.56 Å². The van der Waals surface area contributed by atoms with Gasteiger partial charge in [-0.15, -0.1) is 0 Å². The largest absolute Gasteiger partial charge is 0.506 e. The molecule has 1 heterocycles. The molecule has 0 aliphatic heterocycles. The van der Waals surface area contributed by atoms with Gasteiger partial charge in [-0.2, -0.15) is 11.3 Å². The van der Waals surface area contributed by atoms with Gasteiger partial charge in [-0.1, -0.05) is 11.6 Å². The minimum atomic E-state index is -0.467. The van der Waals surface area contributed by atoms with Crippen LogP contribution in [0.4, 0.5) is 4.39 Å². The summed E-state index contributed by atoms with van der Waals surface area (Å²) in [6.45, 7) is 0. The number of phenols is 1. The molecule has 0 atom stereocenters. The molecular weight excluding hydrogens is 223 g/mol. The maximum Gasteiger partial charge on any atom is 0.137 e. The molecule has 0 amide bonds. The summed E-state index contributed by atoms with van der Waals surface area (Å²) in [6.07, 6.45) is 0. The Morgan fingerprint density at radius 1 is 1.36 bits per heavy atom. The lowest BCUT2D eigenvalue weighted by atomic mass is 10.1. The highest BCUT2D eigenvalue weighted by Gasteiger charge is 2.09. The van der Waals surface area contributed by atoms with Crippen molar-refractivity contribution in [2.24, 2.45) is 0 Å². The van der Waals surface area contributed by atoms with E-state index in [2.05, 4.69) is 0 Å². The molecule has 4 heteroatoms. The standard InChI is InChI=1S/C10H6ClFOS/c11-8-3-7(6-1-2-14-5-6)9(12)4-10(8)13/h1-5,13H. The van der Waals surface area contributed by atoms with Crippen LogP contribution in [0.15, 0.2) is 29.0 Å². The molecule has 0 saturated carbocycles. The monoisotopic (exact) mass is 228 g/mol. The van der Waals surface area contributed by atoms with E-state index in [-0.39, 0.29) is 10.8 Å². The number of hydrogen-bond donors (Lipinski definition) is 1. The van der Waals surface area contributed by atoms with E-state index >= 15 is 0 Å². The van der Waals surface area contributed by atoms with Gasteiger partial charge in [-0.05, 0) is 28.5 Å². The molecule has 1 aromatic carbocycles. The van der Waals surface area contributed by atoms with Gasteiger partial charge in [0.1, 0.15) is 11.6 Å². The molecule has 0 radical (unpaired) electrons. The average Bonchev–Trinajstić information content (AvgIpc) is 2.64. The van der Waals surface area contributed by atoms with E-state index in [1.54, 1.807) is 6.07 Å². The lowest BCUT2D eigenvalue weighted by Gasteiger charge is -2.03. The molecule has 2 aromatic rings. The highest BCUT2D eigenvalue weighted by Crippen LogP contribution is 2.32. The fraction of sp³-hybridized carbons (Fsp3) is 0. The van der Waals surface area contributed by atoms with Crippen LogP contribution in [0.2, 0.25) is 5.02 Å². The number of phenolic OH excluding ortho intramolecular Hbond substituents is 1. The van der Waals surface area contributed by atoms with E-state index in [1.165, 1.54) is 17.4 Å². The van der Waals surface area contributed by atoms with Crippen LogP contribution in [-0.2, 0) is 0 Å². The molecular formula is C10H6ClFOS. The number of benzene rings is 1. The SMILES string of the molecule is Oc1cc(F)c(-c2ccsc2)cc1Cl. The molecule has 0 spiro atoms. The van der Waals surface area contributed by atoms with E-state index in [0.717, 1.165) is 11.6 Å². The zero-order valence-corrected chi connectivity index (χ0v) is 8.57. The van der Waals surface area contributed by atoms with Gasteiger partial charge in [0, 0.05) is 11.6 Å². The Labute approximate surface area is 89.4 Å². The molecule has 1 aromatic heterocycles. The summed E-state index contributed by atoms with van der Waals surface area (Å²) >= 11 is 7.17. The van der Waals surface area contributed by atoms with Crippen molar-refractivity contribution in [1.29, 1.82) is 0 Å². The summed E-state index contributed by atoms with van der Waals surface area (Å²) in [5, 5.41) is 13.0. The summed E-state index contributed by atoms with van der Waals surface area (Å²) in [7, 11) is 0. The van der Waals surface area contributed by atoms with Gasteiger partial charge in [-0.25, -0.2) is 4.39 Å². The zero-order valence-electron chi connectivity index (χ0n) is 7.00. The maximum atomic E-state index is 13.4. The van der Waals surface area contributed by atoms with Crippen molar-refractivity contribution in [3.05, 3.63) is 39.8 Å². The summed E-state index contributed by atoms with van der Waals surface area (Å²) in [5.74, 6) is -0.701. The van der Waals surface area contributed by atoms with Gasteiger partial charge in [0.25, 0.3) is 0 Å². The van der Waals surface area contributed by atoms with Crippen LogP contribution in [-0.4, -0.2) is 5.11 Å². The minimum Gasteiger partial charge on any atom is -0.506 e. The molecule has 72 valence electrons. The highest BCUT2D eigenvalue weighted by atomic mass is 35.5. The van der Waals surface area contributed by atoms with Crippen molar-refractivity contribution in [2.45, 2.75) is 0 Å². The lowest BCUT2D eigenvalue weighted by Crippen LogP contribution is -1.82. The third kappa shape index (κ3) is 1.61. The molecule has 2 rings (SSSR count). The van der Waals surface area contributed by atoms with Crippen molar-refractivity contribution in [2.75, 3.05) is 0 Å². The lowest BCUT2D eigenvalue weighted by molar-refractivity contribution is 0.470. The first kappa shape index (κ1) is 9.49. The Morgan fingerprint density at radius 3 is 2.79 bits per heavy atom. The zero-order chi connectivity index (χ0) is 10.1. The van der Waals surface area contributed by atoms with Crippen LogP contribution in [0.5, 0.6) is 5.75 Å². The minimum absolute atomic E-state index is 0.160. The van der Waals surface area contributed by atoms with E-state index < -0.39 is 5.82 Å². The molecule has 0 aliphatic rings. The van der Waals surface area contributed by atoms with Crippen molar-refractivity contribution in [3.8, 4) is 16.9 Å². The van der Waals surface area contributed by atoms with Gasteiger partial charge in [0.05, 0.1) is 5.02 Å². The molecule has 0 saturated heterocycles. The van der Waals surface area contributed by atoms with Gasteiger partial charge in [0.15, 0.2) is 0 Å². The number of rotatable bonds is 1. The Bertz CT molecular complexity index is 453. The first-order valence-electron chi connectivity index (χ1n) is 3.89. The molecule has 0 unspecified atom stereocenters. The van der Waals surface area contributed by atoms with Crippen LogP contribution in [0.3, 0.4) is 0 Å².